The van der Waals surface area contributed by atoms with Gasteiger partial charge in [0.05, 0.1) is 5.69 Å². The Kier molecular flexibility index (Phi) is 7.15. The predicted octanol–water partition coefficient (Wildman–Crippen LogP) is 4.53. The molecule has 0 radical (unpaired) electrons. The van der Waals surface area contributed by atoms with Crippen LogP contribution in [-0.4, -0.2) is 63.2 Å². The van der Waals surface area contributed by atoms with Crippen molar-refractivity contribution in [3.63, 3.8) is 0 Å². The van der Waals surface area contributed by atoms with Gasteiger partial charge in [-0.15, -0.1) is 0 Å². The number of benzene rings is 1. The van der Waals surface area contributed by atoms with Crippen LogP contribution in [0.2, 0.25) is 0 Å². The zero-order valence-corrected chi connectivity index (χ0v) is 22.1. The van der Waals surface area contributed by atoms with Gasteiger partial charge in [0.2, 0.25) is 5.91 Å². The minimum Gasteiger partial charge on any atom is -0.356 e. The molecular weight excluding hydrogens is 472 g/mol. The van der Waals surface area contributed by atoms with Crippen molar-refractivity contribution in [3.8, 4) is 0 Å². The summed E-state index contributed by atoms with van der Waals surface area (Å²) in [5.41, 5.74) is 1.70. The molecule has 36 heavy (non-hydrogen) atoms. The van der Waals surface area contributed by atoms with E-state index in [1.807, 2.05) is 50.2 Å². The molecule has 9 nitrogen and oxygen atoms in total. The summed E-state index contributed by atoms with van der Waals surface area (Å²) in [4.78, 5) is 27.4. The van der Waals surface area contributed by atoms with E-state index in [1.54, 1.807) is 0 Å². The van der Waals surface area contributed by atoms with E-state index in [2.05, 4.69) is 44.5 Å². The first-order valence-corrected chi connectivity index (χ1v) is 13.4. The number of fused-ring (bicyclic) bond motifs is 1. The number of hydrogen-bond acceptors (Lipinski definition) is 8. The third-order valence-corrected chi connectivity index (χ3v) is 7.77. The van der Waals surface area contributed by atoms with E-state index >= 15 is 0 Å². The van der Waals surface area contributed by atoms with E-state index < -0.39 is 0 Å². The van der Waals surface area contributed by atoms with Gasteiger partial charge in [-0.05, 0) is 68.6 Å². The standard InChI is InChI=1S/C26H34N8OS/c1-5-25(35)27-20-6-8-21(9-7-20)36-26-29-22(28-23-10-17(4)31-32-23)11-24(30-26)34-14-18-12-33(16(2)3)13-19(18)15-34/h6-11,16,18-19H,5,12-15H2,1-4H3,(H,27,35)(H2,28,29,30,31,32). The maximum Gasteiger partial charge on any atom is 0.224 e. The van der Waals surface area contributed by atoms with Crippen molar-refractivity contribution in [1.29, 1.82) is 0 Å². The van der Waals surface area contributed by atoms with Crippen molar-refractivity contribution in [2.45, 2.75) is 50.2 Å². The van der Waals surface area contributed by atoms with Crippen LogP contribution in [0.1, 0.15) is 32.9 Å². The van der Waals surface area contributed by atoms with Crippen LogP contribution < -0.4 is 15.5 Å². The number of aromatic amines is 1. The molecule has 0 saturated carbocycles. The van der Waals surface area contributed by atoms with E-state index in [9.17, 15) is 4.79 Å². The summed E-state index contributed by atoms with van der Waals surface area (Å²) in [6.07, 6.45) is 0.455. The third-order valence-electron chi connectivity index (χ3n) is 6.90. The fourth-order valence-electron chi connectivity index (χ4n) is 4.91. The fraction of sp³-hybridized carbons (Fsp3) is 0.462. The van der Waals surface area contributed by atoms with Crippen molar-refractivity contribution < 1.29 is 4.79 Å². The Balaban J connectivity index is 1.36. The molecule has 2 atom stereocenters. The van der Waals surface area contributed by atoms with Crippen molar-refractivity contribution >= 4 is 40.8 Å². The molecule has 2 aliphatic rings. The first-order valence-electron chi connectivity index (χ1n) is 12.6. The summed E-state index contributed by atoms with van der Waals surface area (Å²) in [6.45, 7) is 12.7. The van der Waals surface area contributed by atoms with E-state index in [1.165, 1.54) is 11.8 Å². The lowest BCUT2D eigenvalue weighted by molar-refractivity contribution is -0.115. The van der Waals surface area contributed by atoms with Crippen LogP contribution >= 0.6 is 11.8 Å². The van der Waals surface area contributed by atoms with Crippen LogP contribution in [0.4, 0.5) is 23.1 Å². The van der Waals surface area contributed by atoms with Gasteiger partial charge in [0, 0.05) is 61.4 Å². The number of likely N-dealkylation sites (tertiary alicyclic amines) is 1. The molecule has 10 heteroatoms. The molecular formula is C26H34N8OS. The number of nitrogens with zero attached hydrogens (tertiary/aromatic N) is 5. The largest absolute Gasteiger partial charge is 0.356 e. The van der Waals surface area contributed by atoms with Crippen LogP contribution in [-0.2, 0) is 4.79 Å². The lowest BCUT2D eigenvalue weighted by Gasteiger charge is -2.25. The average Bonchev–Trinajstić information content (AvgIpc) is 3.55. The number of rotatable bonds is 8. The molecule has 1 aromatic carbocycles. The van der Waals surface area contributed by atoms with Gasteiger partial charge >= 0.3 is 0 Å². The van der Waals surface area contributed by atoms with Crippen molar-refractivity contribution in [3.05, 3.63) is 42.1 Å². The van der Waals surface area contributed by atoms with Gasteiger partial charge in [0.1, 0.15) is 17.5 Å². The summed E-state index contributed by atoms with van der Waals surface area (Å²) < 4.78 is 0. The van der Waals surface area contributed by atoms with Crippen molar-refractivity contribution in [2.75, 3.05) is 41.7 Å². The second-order valence-electron chi connectivity index (χ2n) is 9.94. The van der Waals surface area contributed by atoms with Crippen LogP contribution in [0.25, 0.3) is 0 Å². The van der Waals surface area contributed by atoms with E-state index in [-0.39, 0.29) is 5.91 Å². The van der Waals surface area contributed by atoms with Crippen LogP contribution in [0, 0.1) is 18.8 Å². The van der Waals surface area contributed by atoms with Gasteiger partial charge < -0.3 is 20.4 Å². The fourth-order valence-corrected chi connectivity index (χ4v) is 5.67. The summed E-state index contributed by atoms with van der Waals surface area (Å²) in [5, 5.41) is 14.1. The summed E-state index contributed by atoms with van der Waals surface area (Å²) in [5.74, 6) is 3.84. The molecule has 0 aliphatic carbocycles. The smallest absolute Gasteiger partial charge is 0.224 e. The maximum atomic E-state index is 11.7. The van der Waals surface area contributed by atoms with Gasteiger partial charge in [-0.2, -0.15) is 5.10 Å². The molecule has 5 rings (SSSR count). The second kappa shape index (κ2) is 10.5. The zero-order chi connectivity index (χ0) is 25.2. The molecule has 2 saturated heterocycles. The van der Waals surface area contributed by atoms with Gasteiger partial charge in [-0.3, -0.25) is 9.89 Å². The molecule has 2 unspecified atom stereocenters. The number of amides is 1. The highest BCUT2D eigenvalue weighted by atomic mass is 32.2. The van der Waals surface area contributed by atoms with Crippen molar-refractivity contribution in [1.82, 2.24) is 25.1 Å². The average molecular weight is 507 g/mol. The molecule has 2 aliphatic heterocycles. The molecule has 0 spiro atoms. The molecule has 1 amide bonds. The summed E-state index contributed by atoms with van der Waals surface area (Å²) >= 11 is 1.51. The normalized spacial score (nSPS) is 19.6. The first kappa shape index (κ1) is 24.6. The lowest BCUT2D eigenvalue weighted by Crippen LogP contribution is -2.33. The zero-order valence-electron chi connectivity index (χ0n) is 21.3. The number of H-pyrrole nitrogens is 1. The Morgan fingerprint density at radius 2 is 1.83 bits per heavy atom. The Hall–Kier alpha value is -3.11. The van der Waals surface area contributed by atoms with Gasteiger partial charge in [0.15, 0.2) is 5.16 Å². The highest BCUT2D eigenvalue weighted by Gasteiger charge is 2.41. The molecule has 3 N–H and O–H groups in total. The highest BCUT2D eigenvalue weighted by molar-refractivity contribution is 7.99. The first-order chi connectivity index (χ1) is 17.4. The van der Waals surface area contributed by atoms with E-state index in [0.717, 1.165) is 59.9 Å². The van der Waals surface area contributed by atoms with Crippen molar-refractivity contribution in [2.24, 2.45) is 11.8 Å². The minimum absolute atomic E-state index is 0.00286. The SMILES string of the molecule is CCC(=O)Nc1ccc(Sc2nc(Nc3cc(C)n[nH]3)cc(N3CC4CN(C(C)C)CC4C3)n2)cc1. The second-order valence-corrected chi connectivity index (χ2v) is 11.0. The predicted molar refractivity (Wildman–Crippen MR) is 144 cm³/mol. The Bertz CT molecular complexity index is 1200. The van der Waals surface area contributed by atoms with E-state index in [4.69, 9.17) is 9.97 Å². The molecule has 0 bridgehead atoms. The van der Waals surface area contributed by atoms with Gasteiger partial charge in [-0.1, -0.05) is 6.92 Å². The number of aryl methyl sites for hydroxylation is 1. The molecule has 3 aromatic rings. The number of carbonyl (C=O) groups excluding carboxylic acids is 1. The Morgan fingerprint density at radius 1 is 1.11 bits per heavy atom. The number of carbonyl (C=O) groups is 1. The third kappa shape index (κ3) is 5.65. The monoisotopic (exact) mass is 506 g/mol. The molecule has 2 fully saturated rings. The van der Waals surface area contributed by atoms with E-state index in [0.29, 0.717) is 29.5 Å². The Morgan fingerprint density at radius 3 is 2.44 bits per heavy atom. The number of anilines is 4. The quantitative estimate of drug-likeness (QED) is 0.383. The maximum absolute atomic E-state index is 11.7. The van der Waals surface area contributed by atoms with Gasteiger partial charge in [-0.25, -0.2) is 9.97 Å². The number of hydrogen-bond donors (Lipinski definition) is 3. The number of aromatic nitrogens is 4. The Labute approximate surface area is 216 Å². The number of nitrogens with one attached hydrogen (secondary N) is 3. The summed E-state index contributed by atoms with van der Waals surface area (Å²) in [7, 11) is 0. The van der Waals surface area contributed by atoms with Crippen LogP contribution in [0.15, 0.2) is 46.5 Å². The highest BCUT2D eigenvalue weighted by Crippen LogP contribution is 2.36. The topological polar surface area (TPSA) is 102 Å². The van der Waals surface area contributed by atoms with Gasteiger partial charge in [0.25, 0.3) is 0 Å². The molecule has 4 heterocycles. The van der Waals surface area contributed by atoms with Crippen LogP contribution in [0.5, 0.6) is 0 Å². The van der Waals surface area contributed by atoms with Crippen LogP contribution in [0.3, 0.4) is 0 Å². The lowest BCUT2D eigenvalue weighted by atomic mass is 10.0. The molecule has 190 valence electrons. The minimum atomic E-state index is 0.00286. The summed E-state index contributed by atoms with van der Waals surface area (Å²) in [6, 6.07) is 12.4. The molecule has 2 aromatic heterocycles.